The van der Waals surface area contributed by atoms with Crippen molar-refractivity contribution < 1.29 is 9.47 Å². The molecule has 4 nitrogen and oxygen atoms in total. The van der Waals surface area contributed by atoms with Gasteiger partial charge in [-0.25, -0.2) is 0 Å². The quantitative estimate of drug-likeness (QED) is 0.474. The Bertz CT molecular complexity index is 410. The van der Waals surface area contributed by atoms with E-state index in [1.165, 1.54) is 17.3 Å². The maximum absolute atomic E-state index is 5.81. The highest BCUT2D eigenvalue weighted by molar-refractivity contribution is 8.13. The molecule has 0 unspecified atom stereocenters. The normalized spacial score (nSPS) is 13.3. The Hall–Kier alpha value is -1.20. The molecule has 0 aliphatic rings. The summed E-state index contributed by atoms with van der Waals surface area (Å²) in [5, 5.41) is 0.581. The van der Waals surface area contributed by atoms with E-state index in [0.29, 0.717) is 18.4 Å². The summed E-state index contributed by atoms with van der Waals surface area (Å²) in [6, 6.07) is 8.09. The number of aryl methyl sites for hydroxylation is 1. The molecule has 0 amide bonds. The largest absolute Gasteiger partial charge is 0.493 e. The number of rotatable bonds is 7. The van der Waals surface area contributed by atoms with Gasteiger partial charge < -0.3 is 15.2 Å². The molecule has 0 spiro atoms. The number of amidine groups is 1. The summed E-state index contributed by atoms with van der Waals surface area (Å²) in [6.45, 7) is 5.22. The lowest BCUT2D eigenvalue weighted by atomic mass is 10.2. The second-order valence-electron chi connectivity index (χ2n) is 4.29. The van der Waals surface area contributed by atoms with Gasteiger partial charge >= 0.3 is 0 Å². The predicted octanol–water partition coefficient (Wildman–Crippen LogP) is 2.46. The molecule has 0 bridgehead atoms. The van der Waals surface area contributed by atoms with Gasteiger partial charge in [0.1, 0.15) is 5.75 Å². The van der Waals surface area contributed by atoms with E-state index in [-0.39, 0.29) is 6.04 Å². The molecule has 0 aliphatic heterocycles. The van der Waals surface area contributed by atoms with Crippen LogP contribution in [0.5, 0.6) is 5.75 Å². The molecule has 0 radical (unpaired) electrons. The number of hydrogen-bond donors (Lipinski definition) is 1. The van der Waals surface area contributed by atoms with Gasteiger partial charge in [0.25, 0.3) is 0 Å². The van der Waals surface area contributed by atoms with Crippen LogP contribution in [0.2, 0.25) is 0 Å². The van der Waals surface area contributed by atoms with E-state index >= 15 is 0 Å². The third kappa shape index (κ3) is 7.08. The summed E-state index contributed by atoms with van der Waals surface area (Å²) < 4.78 is 10.6. The number of ether oxygens (including phenoxy) is 2. The van der Waals surface area contributed by atoms with Crippen LogP contribution >= 0.6 is 11.8 Å². The van der Waals surface area contributed by atoms with Gasteiger partial charge in [-0.15, -0.1) is 0 Å². The molecule has 1 aromatic rings. The Morgan fingerprint density at radius 3 is 2.95 bits per heavy atom. The minimum absolute atomic E-state index is 0.0928. The Labute approximate surface area is 119 Å². The summed E-state index contributed by atoms with van der Waals surface area (Å²) in [5.41, 5.74) is 7.00. The third-order valence-corrected chi connectivity index (χ3v) is 3.12. The van der Waals surface area contributed by atoms with Crippen LogP contribution in [-0.4, -0.2) is 37.3 Å². The third-order valence-electron chi connectivity index (χ3n) is 2.35. The first-order chi connectivity index (χ1) is 9.11. The molecular weight excluding hydrogens is 260 g/mol. The average Bonchev–Trinajstić information content (AvgIpc) is 2.35. The van der Waals surface area contributed by atoms with Gasteiger partial charge in [-0.05, 0) is 31.5 Å². The van der Waals surface area contributed by atoms with Crippen LogP contribution in [-0.2, 0) is 4.74 Å². The fraction of sp³-hybridized carbons (Fsp3) is 0.500. The molecule has 0 heterocycles. The highest BCUT2D eigenvalue weighted by Gasteiger charge is 2.01. The van der Waals surface area contributed by atoms with Gasteiger partial charge in [-0.2, -0.15) is 0 Å². The molecule has 5 heteroatoms. The van der Waals surface area contributed by atoms with Crippen molar-refractivity contribution in [1.82, 2.24) is 0 Å². The van der Waals surface area contributed by atoms with Crippen molar-refractivity contribution in [3.8, 4) is 5.75 Å². The Morgan fingerprint density at radius 2 is 2.26 bits per heavy atom. The summed E-state index contributed by atoms with van der Waals surface area (Å²) in [5.74, 6) is 1.67. The Morgan fingerprint density at radius 1 is 1.47 bits per heavy atom. The highest BCUT2D eigenvalue weighted by Crippen LogP contribution is 2.13. The molecule has 2 N–H and O–H groups in total. The molecule has 0 aromatic heterocycles. The summed E-state index contributed by atoms with van der Waals surface area (Å²) in [7, 11) is 1.66. The Balaban J connectivity index is 2.23. The smallest absolute Gasteiger partial charge is 0.154 e. The Kier molecular flexibility index (Phi) is 7.36. The van der Waals surface area contributed by atoms with E-state index in [9.17, 15) is 0 Å². The number of thioether (sulfide) groups is 1. The number of methoxy groups -OCH3 is 1. The van der Waals surface area contributed by atoms with Crippen LogP contribution < -0.4 is 10.5 Å². The zero-order chi connectivity index (χ0) is 14.1. The molecule has 1 rings (SSSR count). The topological polar surface area (TPSA) is 56.8 Å². The molecule has 1 atom stereocenters. The van der Waals surface area contributed by atoms with Crippen molar-refractivity contribution in [1.29, 1.82) is 0 Å². The molecular formula is C14H22N2O2S. The first-order valence-electron chi connectivity index (χ1n) is 6.26. The van der Waals surface area contributed by atoms with E-state index in [1.807, 2.05) is 38.1 Å². The minimum Gasteiger partial charge on any atom is -0.493 e. The highest BCUT2D eigenvalue weighted by atomic mass is 32.2. The SMILES string of the molecule is COC[C@@H](C)N=C(N)SCCOc1cccc(C)c1. The second-order valence-corrected chi connectivity index (χ2v) is 5.40. The van der Waals surface area contributed by atoms with Crippen molar-refractivity contribution in [2.45, 2.75) is 19.9 Å². The second kappa shape index (κ2) is 8.82. The van der Waals surface area contributed by atoms with Crippen molar-refractivity contribution in [3.63, 3.8) is 0 Å². The van der Waals surface area contributed by atoms with Crippen LogP contribution in [0.25, 0.3) is 0 Å². The molecule has 1 aromatic carbocycles. The van der Waals surface area contributed by atoms with Crippen molar-refractivity contribution in [2.24, 2.45) is 10.7 Å². The monoisotopic (exact) mass is 282 g/mol. The van der Waals surface area contributed by atoms with E-state index in [4.69, 9.17) is 15.2 Å². The van der Waals surface area contributed by atoms with E-state index < -0.39 is 0 Å². The molecule has 0 fully saturated rings. The first-order valence-corrected chi connectivity index (χ1v) is 7.25. The average molecular weight is 282 g/mol. The van der Waals surface area contributed by atoms with Crippen molar-refractivity contribution >= 4 is 16.9 Å². The standard InChI is InChI=1S/C14H22N2O2S/c1-11-5-4-6-13(9-11)18-7-8-19-14(15)16-12(2)10-17-3/h4-6,9,12H,7-8,10H2,1-3H3,(H2,15,16)/t12-/m1/s1. The van der Waals surface area contributed by atoms with Gasteiger partial charge in [0.15, 0.2) is 5.17 Å². The lowest BCUT2D eigenvalue weighted by molar-refractivity contribution is 0.186. The zero-order valence-corrected chi connectivity index (χ0v) is 12.6. The fourth-order valence-corrected chi connectivity index (χ4v) is 2.17. The van der Waals surface area contributed by atoms with Crippen molar-refractivity contribution in [2.75, 3.05) is 26.1 Å². The van der Waals surface area contributed by atoms with E-state index in [0.717, 1.165) is 11.5 Å². The number of benzene rings is 1. The predicted molar refractivity (Wildman–Crippen MR) is 82.1 cm³/mol. The molecule has 0 saturated heterocycles. The molecule has 19 heavy (non-hydrogen) atoms. The first kappa shape index (κ1) is 15.9. The number of aliphatic imine (C=N–C) groups is 1. The van der Waals surface area contributed by atoms with Crippen LogP contribution in [0.15, 0.2) is 29.3 Å². The van der Waals surface area contributed by atoms with Crippen molar-refractivity contribution in [3.05, 3.63) is 29.8 Å². The maximum Gasteiger partial charge on any atom is 0.154 e. The van der Waals surface area contributed by atoms with E-state index in [2.05, 4.69) is 4.99 Å². The van der Waals surface area contributed by atoms with Crippen LogP contribution in [0.3, 0.4) is 0 Å². The zero-order valence-electron chi connectivity index (χ0n) is 11.8. The van der Waals surface area contributed by atoms with Gasteiger partial charge in [0.2, 0.25) is 0 Å². The maximum atomic E-state index is 5.81. The van der Waals surface area contributed by atoms with Gasteiger partial charge in [0, 0.05) is 12.9 Å². The van der Waals surface area contributed by atoms with Gasteiger partial charge in [-0.3, -0.25) is 4.99 Å². The lowest BCUT2D eigenvalue weighted by Gasteiger charge is -2.08. The van der Waals surface area contributed by atoms with Crippen LogP contribution in [0.4, 0.5) is 0 Å². The number of nitrogens with two attached hydrogens (primary N) is 1. The minimum atomic E-state index is 0.0928. The van der Waals surface area contributed by atoms with Crippen LogP contribution in [0.1, 0.15) is 12.5 Å². The number of nitrogens with zero attached hydrogens (tertiary/aromatic N) is 1. The van der Waals surface area contributed by atoms with Gasteiger partial charge in [0.05, 0.1) is 19.3 Å². The van der Waals surface area contributed by atoms with Crippen LogP contribution in [0, 0.1) is 6.92 Å². The summed E-state index contributed by atoms with van der Waals surface area (Å²) in [4.78, 5) is 4.30. The molecule has 0 saturated carbocycles. The van der Waals surface area contributed by atoms with E-state index in [1.54, 1.807) is 7.11 Å². The number of hydrogen-bond acceptors (Lipinski definition) is 4. The fourth-order valence-electron chi connectivity index (χ4n) is 1.54. The molecule has 0 aliphatic carbocycles. The summed E-state index contributed by atoms with van der Waals surface area (Å²) >= 11 is 1.50. The summed E-state index contributed by atoms with van der Waals surface area (Å²) in [6.07, 6.45) is 0. The lowest BCUT2D eigenvalue weighted by Crippen LogP contribution is -2.16. The molecule has 106 valence electrons. The van der Waals surface area contributed by atoms with Gasteiger partial charge in [-0.1, -0.05) is 23.9 Å².